The van der Waals surface area contributed by atoms with Gasteiger partial charge < -0.3 is 30.0 Å². The van der Waals surface area contributed by atoms with Crippen molar-refractivity contribution in [3.05, 3.63) is 98.1 Å². The van der Waals surface area contributed by atoms with Gasteiger partial charge in [0.25, 0.3) is 0 Å². The number of esters is 4. The molecule has 0 unspecified atom stereocenters. The number of fused-ring (bicyclic) bond motifs is 2. The van der Waals surface area contributed by atoms with Crippen LogP contribution in [0.5, 0.6) is 23.0 Å². The highest BCUT2D eigenvalue weighted by molar-refractivity contribution is 6.42. The van der Waals surface area contributed by atoms with Crippen molar-refractivity contribution in [3.8, 4) is 23.0 Å². The van der Waals surface area contributed by atoms with Crippen molar-refractivity contribution in [3.63, 3.8) is 0 Å². The fourth-order valence-electron chi connectivity index (χ4n) is 4.82. The van der Waals surface area contributed by atoms with Crippen LogP contribution in [0.3, 0.4) is 0 Å². The SMILES string of the molecule is CC(C)(C)C(=O)Oc1cc2ncnc(Cl)c2cc1OC(=O)C(C)(C)C.CC(C)(C)C(=O)Oc1cc2ncnc(Nc3ccc(Cl)c(Cl)c3F)c2cc1OC(=O)C(C)(C)C.Nc1ccc(Cl)c(Cl)c1F. The minimum atomic E-state index is -0.822. The molecule has 0 spiro atoms. The predicted octanol–water partition coefficient (Wildman–Crippen LogP) is 13.6. The molecule has 0 saturated heterocycles. The van der Waals surface area contributed by atoms with E-state index in [1.165, 1.54) is 61.2 Å². The summed E-state index contributed by atoms with van der Waals surface area (Å²) in [6, 6.07) is 11.6. The van der Waals surface area contributed by atoms with E-state index >= 15 is 0 Å². The van der Waals surface area contributed by atoms with Gasteiger partial charge in [-0.25, -0.2) is 28.7 Å². The van der Waals surface area contributed by atoms with Crippen molar-refractivity contribution in [2.75, 3.05) is 11.1 Å². The van der Waals surface area contributed by atoms with Gasteiger partial charge in [-0.15, -0.1) is 0 Å². The number of nitrogens with zero attached hydrogens (tertiary/aromatic N) is 4. The van der Waals surface area contributed by atoms with E-state index in [1.54, 1.807) is 83.1 Å². The van der Waals surface area contributed by atoms with Gasteiger partial charge in [-0.3, -0.25) is 19.2 Å². The summed E-state index contributed by atoms with van der Waals surface area (Å²) >= 11 is 28.7. The van der Waals surface area contributed by atoms with Crippen LogP contribution in [0, 0.1) is 33.3 Å². The lowest BCUT2D eigenvalue weighted by molar-refractivity contribution is -0.145. The number of nitrogen functional groups attached to an aromatic ring is 1. The maximum absolute atomic E-state index is 14.6. The molecule has 14 nitrogen and oxygen atoms in total. The zero-order chi connectivity index (χ0) is 52.1. The number of carbonyl (C=O) groups excluding carboxylic acids is 4. The Balaban J connectivity index is 0.000000258. The van der Waals surface area contributed by atoms with Gasteiger partial charge in [-0.1, -0.05) is 58.0 Å². The monoisotopic (exact) mass is 1050 g/mol. The highest BCUT2D eigenvalue weighted by Gasteiger charge is 2.31. The van der Waals surface area contributed by atoms with Crippen molar-refractivity contribution in [2.24, 2.45) is 21.7 Å². The molecule has 2 aromatic heterocycles. The van der Waals surface area contributed by atoms with Crippen LogP contribution >= 0.6 is 58.0 Å². The summed E-state index contributed by atoms with van der Waals surface area (Å²) in [4.78, 5) is 66.1. The zero-order valence-electron chi connectivity index (χ0n) is 39.6. The molecular weight excluding hydrogens is 1000 g/mol. The second kappa shape index (κ2) is 22.0. The van der Waals surface area contributed by atoms with E-state index in [-0.39, 0.29) is 65.4 Å². The third kappa shape index (κ3) is 14.7. The lowest BCUT2D eigenvalue weighted by Gasteiger charge is -2.21. The minimum absolute atomic E-state index is 0.00233. The standard InChI is InChI=1S/C24H24Cl2FN3O4.C18H21ClN2O4.C6H4Cl2FN/c1-23(2,3)21(31)33-16-9-12-15(10-17(16)34-22(32)24(4,5)6)28-11-29-20(12)30-14-8-7-13(25)18(26)19(14)27;1-17(2,3)15(22)24-12-7-10-11(20-9-21-14(10)19)8-13(12)25-16(23)18(4,5)6;7-3-1-2-4(10)6(9)5(3)8/h7-11H,1-6H3,(H,28,29,30);7-9H,1-6H3;1-2H,10H2. The second-order valence-electron chi connectivity index (χ2n) is 19.2. The summed E-state index contributed by atoms with van der Waals surface area (Å²) in [5.74, 6) is -2.96. The van der Waals surface area contributed by atoms with Crippen LogP contribution in [0.1, 0.15) is 83.1 Å². The van der Waals surface area contributed by atoms with Gasteiger partial charge in [0.15, 0.2) is 34.6 Å². The summed E-state index contributed by atoms with van der Waals surface area (Å²) in [6.45, 7) is 20.6. The molecule has 21 heteroatoms. The summed E-state index contributed by atoms with van der Waals surface area (Å²) in [5.41, 5.74) is 2.99. The molecule has 0 amide bonds. The Morgan fingerprint density at radius 3 is 1.29 bits per heavy atom. The lowest BCUT2D eigenvalue weighted by Crippen LogP contribution is -2.28. The molecular formula is C48H49Cl5F2N6O8. The number of rotatable bonds is 6. The molecule has 0 fully saturated rings. The van der Waals surface area contributed by atoms with Crippen LogP contribution in [0.25, 0.3) is 21.8 Å². The number of nitrogens with two attached hydrogens (primary N) is 1. The first-order valence-electron chi connectivity index (χ1n) is 20.6. The summed E-state index contributed by atoms with van der Waals surface area (Å²) in [7, 11) is 0. The third-order valence-corrected chi connectivity index (χ3v) is 10.8. The van der Waals surface area contributed by atoms with Crippen LogP contribution in [0.2, 0.25) is 25.2 Å². The first-order valence-corrected chi connectivity index (χ1v) is 22.5. The van der Waals surface area contributed by atoms with Gasteiger partial charge in [-0.2, -0.15) is 0 Å². The summed E-state index contributed by atoms with van der Waals surface area (Å²) < 4.78 is 49.3. The molecule has 69 heavy (non-hydrogen) atoms. The van der Waals surface area contributed by atoms with Crippen LogP contribution in [-0.2, 0) is 19.2 Å². The maximum atomic E-state index is 14.6. The zero-order valence-corrected chi connectivity index (χ0v) is 43.3. The average Bonchev–Trinajstić information content (AvgIpc) is 3.24. The van der Waals surface area contributed by atoms with Crippen molar-refractivity contribution in [2.45, 2.75) is 83.1 Å². The normalized spacial score (nSPS) is 11.7. The van der Waals surface area contributed by atoms with E-state index in [9.17, 15) is 28.0 Å². The van der Waals surface area contributed by atoms with Crippen LogP contribution in [-0.4, -0.2) is 43.8 Å². The lowest BCUT2D eigenvalue weighted by atomic mass is 9.97. The molecule has 368 valence electrons. The van der Waals surface area contributed by atoms with E-state index < -0.39 is 57.2 Å². The Morgan fingerprint density at radius 1 is 0.507 bits per heavy atom. The number of benzene rings is 4. The van der Waals surface area contributed by atoms with Crippen LogP contribution < -0.4 is 30.0 Å². The van der Waals surface area contributed by atoms with Crippen molar-refractivity contribution in [1.29, 1.82) is 0 Å². The molecule has 0 aliphatic rings. The van der Waals surface area contributed by atoms with Gasteiger partial charge in [0.1, 0.15) is 23.6 Å². The van der Waals surface area contributed by atoms with Gasteiger partial charge in [0.2, 0.25) is 0 Å². The Labute approximate surface area is 422 Å². The average molecular weight is 1050 g/mol. The molecule has 0 aliphatic carbocycles. The molecule has 0 atom stereocenters. The Hall–Kier alpha value is -5.65. The number of hydrogen-bond acceptors (Lipinski definition) is 14. The molecule has 2 heterocycles. The van der Waals surface area contributed by atoms with E-state index in [4.69, 9.17) is 82.7 Å². The number of carbonyl (C=O) groups is 4. The predicted molar refractivity (Wildman–Crippen MR) is 265 cm³/mol. The first-order chi connectivity index (χ1) is 31.7. The first kappa shape index (κ1) is 55.9. The van der Waals surface area contributed by atoms with Gasteiger partial charge in [-0.05, 0) is 119 Å². The van der Waals surface area contributed by atoms with Gasteiger partial charge in [0, 0.05) is 22.9 Å². The fraction of sp³-hybridized carbons (Fsp3) is 0.333. The Bertz CT molecular complexity index is 2920. The fourth-order valence-corrected chi connectivity index (χ4v) is 5.64. The number of hydrogen-bond donors (Lipinski definition) is 2. The molecule has 6 rings (SSSR count). The number of nitrogens with one attached hydrogen (secondary N) is 1. The summed E-state index contributed by atoms with van der Waals surface area (Å²) in [6.07, 6.45) is 2.57. The highest BCUT2D eigenvalue weighted by atomic mass is 35.5. The van der Waals surface area contributed by atoms with E-state index in [2.05, 4.69) is 25.3 Å². The quantitative estimate of drug-likeness (QED) is 0.0526. The molecule has 0 radical (unpaired) electrons. The van der Waals surface area contributed by atoms with Crippen molar-refractivity contribution >= 4 is 121 Å². The highest BCUT2D eigenvalue weighted by Crippen LogP contribution is 2.40. The van der Waals surface area contributed by atoms with E-state index in [0.29, 0.717) is 21.8 Å². The van der Waals surface area contributed by atoms with Crippen LogP contribution in [0.4, 0.5) is 26.0 Å². The van der Waals surface area contributed by atoms with Gasteiger partial charge in [0.05, 0.1) is 64.2 Å². The van der Waals surface area contributed by atoms with E-state index in [0.717, 1.165) is 0 Å². The summed E-state index contributed by atoms with van der Waals surface area (Å²) in [5, 5.41) is 3.85. The number of aromatic nitrogens is 4. The molecule has 0 bridgehead atoms. The van der Waals surface area contributed by atoms with Crippen molar-refractivity contribution < 1.29 is 46.9 Å². The number of ether oxygens (including phenoxy) is 4. The molecule has 6 aromatic rings. The van der Waals surface area contributed by atoms with Crippen LogP contribution in [0.15, 0.2) is 61.2 Å². The second-order valence-corrected chi connectivity index (χ2v) is 21.1. The topological polar surface area (TPSA) is 195 Å². The minimum Gasteiger partial charge on any atom is -0.422 e. The smallest absolute Gasteiger partial charge is 0.316 e. The third-order valence-electron chi connectivity index (χ3n) is 8.97. The largest absolute Gasteiger partial charge is 0.422 e. The number of halogens is 7. The molecule has 3 N–H and O–H groups in total. The molecule has 4 aromatic carbocycles. The Morgan fingerprint density at radius 2 is 0.870 bits per heavy atom. The van der Waals surface area contributed by atoms with E-state index in [1.807, 2.05) is 0 Å². The molecule has 0 saturated carbocycles. The maximum Gasteiger partial charge on any atom is 0.316 e. The number of anilines is 3. The van der Waals surface area contributed by atoms with Crippen molar-refractivity contribution in [1.82, 2.24) is 19.9 Å². The Kier molecular flexibility index (Phi) is 17.8. The van der Waals surface area contributed by atoms with Gasteiger partial charge >= 0.3 is 23.9 Å². The molecule has 0 aliphatic heterocycles.